The van der Waals surface area contributed by atoms with Crippen LogP contribution in [0.4, 0.5) is 0 Å². The van der Waals surface area contributed by atoms with E-state index in [9.17, 15) is 14.4 Å². The second-order valence-electron chi connectivity index (χ2n) is 4.45. The van der Waals surface area contributed by atoms with Gasteiger partial charge >= 0.3 is 5.97 Å². The lowest BCUT2D eigenvalue weighted by Crippen LogP contribution is -2.30. The summed E-state index contributed by atoms with van der Waals surface area (Å²) in [6, 6.07) is -1.03. The number of aliphatic carboxylic acids is 1. The molecule has 0 saturated heterocycles. The average Bonchev–Trinajstić information content (AvgIpc) is 2.66. The number of aromatic nitrogens is 2. The number of thiophene rings is 1. The van der Waals surface area contributed by atoms with E-state index in [1.807, 2.05) is 0 Å². The molecule has 1 atom stereocenters. The molecule has 7 nitrogen and oxygen atoms in total. The molecule has 20 heavy (non-hydrogen) atoms. The van der Waals surface area contributed by atoms with Gasteiger partial charge in [-0.25, -0.2) is 9.78 Å². The summed E-state index contributed by atoms with van der Waals surface area (Å²) in [4.78, 5) is 39.7. The highest BCUT2D eigenvalue weighted by atomic mass is 32.1. The summed E-state index contributed by atoms with van der Waals surface area (Å²) in [6.07, 6.45) is 0. The van der Waals surface area contributed by atoms with Gasteiger partial charge in [0.2, 0.25) is 0 Å². The molecule has 2 rings (SSSR count). The molecule has 3 N–H and O–H groups in total. The van der Waals surface area contributed by atoms with Gasteiger partial charge in [-0.2, -0.15) is 0 Å². The van der Waals surface area contributed by atoms with Crippen molar-refractivity contribution >= 4 is 33.4 Å². The quantitative estimate of drug-likeness (QED) is 0.869. The molecule has 0 bridgehead atoms. The Labute approximate surface area is 117 Å². The Morgan fingerprint density at radius 2 is 2.00 bits per heavy atom. The third-order valence-corrected chi connectivity index (χ3v) is 4.34. The number of hydrogen-bond acceptors (Lipinski definition) is 5. The number of primary amides is 1. The monoisotopic (exact) mass is 295 g/mol. The van der Waals surface area contributed by atoms with Crippen molar-refractivity contribution in [3.05, 3.63) is 26.6 Å². The first-order chi connectivity index (χ1) is 9.25. The molecule has 0 radical (unpaired) electrons. The van der Waals surface area contributed by atoms with Gasteiger partial charge in [0.1, 0.15) is 16.7 Å². The number of fused-ring (bicyclic) bond motifs is 1. The number of nitrogens with two attached hydrogens (primary N) is 1. The van der Waals surface area contributed by atoms with Gasteiger partial charge in [0, 0.05) is 0 Å². The van der Waals surface area contributed by atoms with E-state index in [-0.39, 0.29) is 16.1 Å². The summed E-state index contributed by atoms with van der Waals surface area (Å²) < 4.78 is 1.11. The maximum Gasteiger partial charge on any atom is 0.326 e. The van der Waals surface area contributed by atoms with Crippen molar-refractivity contribution in [3.8, 4) is 0 Å². The van der Waals surface area contributed by atoms with Crippen molar-refractivity contribution in [1.29, 1.82) is 0 Å². The normalized spacial score (nSPS) is 12.6. The van der Waals surface area contributed by atoms with Gasteiger partial charge in [0.25, 0.3) is 11.5 Å². The topological polar surface area (TPSA) is 115 Å². The van der Waals surface area contributed by atoms with Crippen LogP contribution in [0.2, 0.25) is 0 Å². The fraction of sp³-hybridized carbons (Fsp3) is 0.333. The minimum atomic E-state index is -1.13. The summed E-state index contributed by atoms with van der Waals surface area (Å²) in [5, 5.41) is 9.31. The number of rotatable bonds is 3. The summed E-state index contributed by atoms with van der Waals surface area (Å²) in [7, 11) is 0. The Balaban J connectivity index is 2.88. The van der Waals surface area contributed by atoms with Crippen molar-refractivity contribution in [2.24, 2.45) is 5.73 Å². The van der Waals surface area contributed by atoms with E-state index in [0.29, 0.717) is 10.4 Å². The largest absolute Gasteiger partial charge is 0.480 e. The molecule has 2 heterocycles. The Bertz CT molecular complexity index is 790. The van der Waals surface area contributed by atoms with E-state index >= 15 is 0 Å². The molecule has 0 aromatic carbocycles. The zero-order valence-electron chi connectivity index (χ0n) is 11.1. The van der Waals surface area contributed by atoms with E-state index in [2.05, 4.69) is 4.98 Å². The molecule has 0 aliphatic heterocycles. The van der Waals surface area contributed by atoms with Crippen LogP contribution in [0.3, 0.4) is 0 Å². The van der Waals surface area contributed by atoms with Crippen LogP contribution >= 0.6 is 11.3 Å². The van der Waals surface area contributed by atoms with E-state index in [1.165, 1.54) is 6.92 Å². The maximum absolute atomic E-state index is 12.5. The highest BCUT2D eigenvalue weighted by Gasteiger charge is 2.23. The number of amides is 1. The molecule has 0 aliphatic rings. The van der Waals surface area contributed by atoms with Crippen molar-refractivity contribution < 1.29 is 14.7 Å². The van der Waals surface area contributed by atoms with Gasteiger partial charge in [-0.1, -0.05) is 0 Å². The van der Waals surface area contributed by atoms with Crippen molar-refractivity contribution in [2.45, 2.75) is 26.8 Å². The third kappa shape index (κ3) is 1.97. The Morgan fingerprint density at radius 1 is 1.40 bits per heavy atom. The summed E-state index contributed by atoms with van der Waals surface area (Å²) in [5.74, 6) is -1.46. The number of carboxylic acids is 1. The molecule has 106 valence electrons. The van der Waals surface area contributed by atoms with Gasteiger partial charge < -0.3 is 10.8 Å². The predicted molar refractivity (Wildman–Crippen MR) is 74.2 cm³/mol. The average molecular weight is 295 g/mol. The van der Waals surface area contributed by atoms with Crippen LogP contribution in [0.15, 0.2) is 4.79 Å². The van der Waals surface area contributed by atoms with Crippen molar-refractivity contribution in [1.82, 2.24) is 9.55 Å². The number of hydrogen-bond donors (Lipinski definition) is 2. The number of nitrogens with zero attached hydrogens (tertiary/aromatic N) is 2. The lowest BCUT2D eigenvalue weighted by molar-refractivity contribution is -0.140. The van der Waals surface area contributed by atoms with Crippen LogP contribution in [-0.4, -0.2) is 26.5 Å². The molecule has 2 aromatic rings. The van der Waals surface area contributed by atoms with E-state index in [0.717, 1.165) is 15.9 Å². The summed E-state index contributed by atoms with van der Waals surface area (Å²) >= 11 is 1.04. The van der Waals surface area contributed by atoms with Gasteiger partial charge in [0.05, 0.1) is 10.3 Å². The van der Waals surface area contributed by atoms with Crippen molar-refractivity contribution in [3.63, 3.8) is 0 Å². The molecule has 1 amide bonds. The van der Waals surface area contributed by atoms with E-state index < -0.39 is 23.5 Å². The smallest absolute Gasteiger partial charge is 0.326 e. The SMILES string of the molecule is Cc1c(C(N)=O)sc2nc(C)n(C(C)C(=O)O)c(=O)c12. The first kappa shape index (κ1) is 14.2. The summed E-state index contributed by atoms with van der Waals surface area (Å²) in [5.41, 5.74) is 5.23. The van der Waals surface area contributed by atoms with Gasteiger partial charge in [-0.3, -0.25) is 14.2 Å². The van der Waals surface area contributed by atoms with Crippen LogP contribution in [0.1, 0.15) is 34.0 Å². The van der Waals surface area contributed by atoms with Gasteiger partial charge in [0.15, 0.2) is 0 Å². The zero-order chi connectivity index (χ0) is 15.2. The van der Waals surface area contributed by atoms with Crippen LogP contribution in [-0.2, 0) is 4.79 Å². The molecular formula is C12H13N3O4S. The molecule has 2 aromatic heterocycles. The minimum absolute atomic E-state index is 0.252. The molecule has 0 spiro atoms. The minimum Gasteiger partial charge on any atom is -0.480 e. The van der Waals surface area contributed by atoms with E-state index in [4.69, 9.17) is 10.8 Å². The maximum atomic E-state index is 12.5. The Kier molecular flexibility index (Phi) is 3.34. The number of carbonyl (C=O) groups is 2. The predicted octanol–water partition coefficient (Wildman–Crippen LogP) is 0.819. The lowest BCUT2D eigenvalue weighted by atomic mass is 10.2. The summed E-state index contributed by atoms with van der Waals surface area (Å²) in [6.45, 7) is 4.56. The third-order valence-electron chi connectivity index (χ3n) is 3.14. The fourth-order valence-corrected chi connectivity index (χ4v) is 3.17. The van der Waals surface area contributed by atoms with Crippen LogP contribution in [0.5, 0.6) is 0 Å². The standard InChI is InChI=1S/C12H13N3O4S/c1-4-7-10(20-8(4)9(13)16)14-6(3)15(11(7)17)5(2)12(18)19/h5H,1-3H3,(H2,13,16)(H,18,19). The van der Waals surface area contributed by atoms with Crippen molar-refractivity contribution in [2.75, 3.05) is 0 Å². The first-order valence-corrected chi connectivity index (χ1v) is 6.62. The number of carboxylic acid groups (broad SMARTS) is 1. The lowest BCUT2D eigenvalue weighted by Gasteiger charge is -2.13. The molecular weight excluding hydrogens is 282 g/mol. The van der Waals surface area contributed by atoms with Gasteiger partial charge in [-0.05, 0) is 26.3 Å². The van der Waals surface area contributed by atoms with Crippen LogP contribution in [0, 0.1) is 13.8 Å². The molecule has 0 fully saturated rings. The van der Waals surface area contributed by atoms with Crippen LogP contribution in [0.25, 0.3) is 10.2 Å². The second kappa shape index (κ2) is 4.71. The Hall–Kier alpha value is -2.22. The molecule has 1 unspecified atom stereocenters. The number of aryl methyl sites for hydroxylation is 2. The first-order valence-electron chi connectivity index (χ1n) is 5.80. The van der Waals surface area contributed by atoms with Gasteiger partial charge in [-0.15, -0.1) is 11.3 Å². The highest BCUT2D eigenvalue weighted by Crippen LogP contribution is 2.27. The fourth-order valence-electron chi connectivity index (χ4n) is 2.10. The molecule has 0 aliphatic carbocycles. The molecule has 8 heteroatoms. The van der Waals surface area contributed by atoms with E-state index in [1.54, 1.807) is 13.8 Å². The zero-order valence-corrected chi connectivity index (χ0v) is 11.9. The van der Waals surface area contributed by atoms with Crippen LogP contribution < -0.4 is 11.3 Å². The Morgan fingerprint density at radius 3 is 2.50 bits per heavy atom. The second-order valence-corrected chi connectivity index (χ2v) is 5.45. The number of carbonyl (C=O) groups excluding carboxylic acids is 1. The molecule has 0 saturated carbocycles. The highest BCUT2D eigenvalue weighted by molar-refractivity contribution is 7.20.